The maximum atomic E-state index is 12.4. The predicted octanol–water partition coefficient (Wildman–Crippen LogP) is 3.18. The molecular weight excluding hydrogens is 318 g/mol. The number of nitrogen functional groups attached to an aromatic ring is 1. The van der Waals surface area contributed by atoms with Crippen molar-refractivity contribution in [2.75, 3.05) is 17.7 Å². The summed E-state index contributed by atoms with van der Waals surface area (Å²) >= 11 is 3.31. The average Bonchev–Trinajstić information content (AvgIpc) is 2.46. The van der Waals surface area contributed by atoms with E-state index in [1.807, 2.05) is 6.07 Å². The van der Waals surface area contributed by atoms with Gasteiger partial charge in [-0.05, 0) is 42.5 Å². The lowest BCUT2D eigenvalue weighted by molar-refractivity contribution is 0.0994. The van der Waals surface area contributed by atoms with Crippen LogP contribution in [-0.4, -0.2) is 13.0 Å². The van der Waals surface area contributed by atoms with Gasteiger partial charge in [0.25, 0.3) is 5.91 Å². The van der Waals surface area contributed by atoms with Gasteiger partial charge in [0, 0.05) is 22.9 Å². The molecule has 1 amide bonds. The molecule has 0 fully saturated rings. The zero-order chi connectivity index (χ0) is 14.7. The molecule has 0 unspecified atom stereocenters. The van der Waals surface area contributed by atoms with Gasteiger partial charge in [-0.15, -0.1) is 0 Å². The Bertz CT molecular complexity index is 689. The minimum Gasteiger partial charge on any atom is -0.398 e. The molecule has 2 aromatic rings. The van der Waals surface area contributed by atoms with Crippen LogP contribution in [0.4, 0.5) is 11.4 Å². The number of carbonyl (C=O) groups is 1. The SMILES string of the molecule is CN(C(=O)c1ccc(Br)cc1N)c1ccc(C#N)cc1. The lowest BCUT2D eigenvalue weighted by atomic mass is 10.1. The van der Waals surface area contributed by atoms with Crippen LogP contribution in [-0.2, 0) is 0 Å². The van der Waals surface area contributed by atoms with Crippen molar-refractivity contribution >= 4 is 33.2 Å². The number of anilines is 2. The van der Waals surface area contributed by atoms with Crippen LogP contribution in [0.2, 0.25) is 0 Å². The Kier molecular flexibility index (Phi) is 4.06. The zero-order valence-corrected chi connectivity index (χ0v) is 12.4. The van der Waals surface area contributed by atoms with Gasteiger partial charge in [0.1, 0.15) is 0 Å². The van der Waals surface area contributed by atoms with Gasteiger partial charge < -0.3 is 10.6 Å². The standard InChI is InChI=1S/C15H12BrN3O/c1-19(12-5-2-10(9-17)3-6-12)15(20)13-7-4-11(16)8-14(13)18/h2-8H,18H2,1H3. The molecule has 0 saturated heterocycles. The van der Waals surface area contributed by atoms with Crippen molar-refractivity contribution in [3.05, 3.63) is 58.1 Å². The molecule has 4 nitrogen and oxygen atoms in total. The van der Waals surface area contributed by atoms with E-state index in [-0.39, 0.29) is 5.91 Å². The third kappa shape index (κ3) is 2.81. The number of rotatable bonds is 2. The minimum atomic E-state index is -0.195. The van der Waals surface area contributed by atoms with Crippen LogP contribution in [0, 0.1) is 11.3 Å². The fourth-order valence-corrected chi connectivity index (χ4v) is 2.16. The zero-order valence-electron chi connectivity index (χ0n) is 10.8. The van der Waals surface area contributed by atoms with Crippen LogP contribution < -0.4 is 10.6 Å². The highest BCUT2D eigenvalue weighted by atomic mass is 79.9. The van der Waals surface area contributed by atoms with Gasteiger partial charge in [-0.25, -0.2) is 0 Å². The highest BCUT2D eigenvalue weighted by Gasteiger charge is 2.16. The summed E-state index contributed by atoms with van der Waals surface area (Å²) in [6.07, 6.45) is 0. The molecule has 5 heteroatoms. The first-order chi connectivity index (χ1) is 9.52. The molecule has 0 saturated carbocycles. The third-order valence-corrected chi connectivity index (χ3v) is 3.43. The molecule has 20 heavy (non-hydrogen) atoms. The largest absolute Gasteiger partial charge is 0.398 e. The summed E-state index contributed by atoms with van der Waals surface area (Å²) in [6.45, 7) is 0. The molecular formula is C15H12BrN3O. The van der Waals surface area contributed by atoms with E-state index in [0.717, 1.165) is 4.47 Å². The topological polar surface area (TPSA) is 70.1 Å². The lowest BCUT2D eigenvalue weighted by Crippen LogP contribution is -2.27. The normalized spacial score (nSPS) is 9.85. The second-order valence-corrected chi connectivity index (χ2v) is 5.17. The van der Waals surface area contributed by atoms with Crippen molar-refractivity contribution in [3.8, 4) is 6.07 Å². The Morgan fingerprint density at radius 1 is 1.25 bits per heavy atom. The monoisotopic (exact) mass is 329 g/mol. The summed E-state index contributed by atoms with van der Waals surface area (Å²) in [5.41, 5.74) is 7.99. The van der Waals surface area contributed by atoms with Crippen molar-refractivity contribution in [2.24, 2.45) is 0 Å². The third-order valence-electron chi connectivity index (χ3n) is 2.93. The second-order valence-electron chi connectivity index (χ2n) is 4.25. The van der Waals surface area contributed by atoms with Gasteiger partial charge in [-0.1, -0.05) is 15.9 Å². The summed E-state index contributed by atoms with van der Waals surface area (Å²) in [5.74, 6) is -0.195. The van der Waals surface area contributed by atoms with Crippen LogP contribution in [0.15, 0.2) is 46.9 Å². The number of nitrogens with zero attached hydrogens (tertiary/aromatic N) is 2. The van der Waals surface area contributed by atoms with Crippen LogP contribution in [0.5, 0.6) is 0 Å². The number of halogens is 1. The van der Waals surface area contributed by atoms with E-state index in [2.05, 4.69) is 15.9 Å². The summed E-state index contributed by atoms with van der Waals surface area (Å²) in [5, 5.41) is 8.77. The Balaban J connectivity index is 2.30. The van der Waals surface area contributed by atoms with Crippen LogP contribution in [0.1, 0.15) is 15.9 Å². The fraction of sp³-hybridized carbons (Fsp3) is 0.0667. The van der Waals surface area contributed by atoms with Crippen LogP contribution in [0.25, 0.3) is 0 Å². The first kappa shape index (κ1) is 14.1. The number of hydrogen-bond donors (Lipinski definition) is 1. The molecule has 100 valence electrons. The van der Waals surface area contributed by atoms with Crippen molar-refractivity contribution in [1.29, 1.82) is 5.26 Å². The van der Waals surface area contributed by atoms with Crippen molar-refractivity contribution in [1.82, 2.24) is 0 Å². The summed E-state index contributed by atoms with van der Waals surface area (Å²) in [7, 11) is 1.67. The average molecular weight is 330 g/mol. The molecule has 0 spiro atoms. The minimum absolute atomic E-state index is 0.195. The summed E-state index contributed by atoms with van der Waals surface area (Å²) < 4.78 is 0.826. The number of carbonyl (C=O) groups excluding carboxylic acids is 1. The van der Waals surface area contributed by atoms with E-state index in [9.17, 15) is 4.79 Å². The van der Waals surface area contributed by atoms with E-state index in [1.165, 1.54) is 4.90 Å². The number of nitriles is 1. The number of benzene rings is 2. The van der Waals surface area contributed by atoms with E-state index >= 15 is 0 Å². The molecule has 0 aliphatic heterocycles. The van der Waals surface area contributed by atoms with Crippen molar-refractivity contribution in [2.45, 2.75) is 0 Å². The first-order valence-corrected chi connectivity index (χ1v) is 6.65. The molecule has 2 N–H and O–H groups in total. The van der Waals surface area contributed by atoms with Gasteiger partial charge in [-0.3, -0.25) is 4.79 Å². The van der Waals surface area contributed by atoms with Crippen molar-refractivity contribution in [3.63, 3.8) is 0 Å². The first-order valence-electron chi connectivity index (χ1n) is 5.86. The number of nitrogens with two attached hydrogens (primary N) is 1. The highest BCUT2D eigenvalue weighted by Crippen LogP contribution is 2.22. The smallest absolute Gasteiger partial charge is 0.260 e. The lowest BCUT2D eigenvalue weighted by Gasteiger charge is -2.18. The van der Waals surface area contributed by atoms with Crippen LogP contribution in [0.3, 0.4) is 0 Å². The summed E-state index contributed by atoms with van der Waals surface area (Å²) in [6, 6.07) is 14.0. The van der Waals surface area contributed by atoms with Gasteiger partial charge in [-0.2, -0.15) is 5.26 Å². The maximum absolute atomic E-state index is 12.4. The molecule has 0 aromatic heterocycles. The molecule has 0 radical (unpaired) electrons. The Labute approximate surface area is 125 Å². The van der Waals surface area contributed by atoms with Crippen LogP contribution >= 0.6 is 15.9 Å². The predicted molar refractivity (Wildman–Crippen MR) is 82.4 cm³/mol. The summed E-state index contributed by atoms with van der Waals surface area (Å²) in [4.78, 5) is 13.9. The number of amides is 1. The second kappa shape index (κ2) is 5.76. The molecule has 2 aromatic carbocycles. The van der Waals surface area contributed by atoms with E-state index in [1.54, 1.807) is 49.5 Å². The Hall–Kier alpha value is -2.32. The number of hydrogen-bond acceptors (Lipinski definition) is 3. The molecule has 0 aliphatic carbocycles. The van der Waals surface area contributed by atoms with Gasteiger partial charge in [0.05, 0.1) is 17.2 Å². The van der Waals surface area contributed by atoms with Gasteiger partial charge >= 0.3 is 0 Å². The van der Waals surface area contributed by atoms with E-state index in [4.69, 9.17) is 11.0 Å². The van der Waals surface area contributed by atoms with Gasteiger partial charge in [0.2, 0.25) is 0 Å². The quantitative estimate of drug-likeness (QED) is 0.860. The van der Waals surface area contributed by atoms with Crippen molar-refractivity contribution < 1.29 is 4.79 Å². The highest BCUT2D eigenvalue weighted by molar-refractivity contribution is 9.10. The Morgan fingerprint density at radius 2 is 1.90 bits per heavy atom. The molecule has 0 bridgehead atoms. The molecule has 0 atom stereocenters. The molecule has 0 heterocycles. The maximum Gasteiger partial charge on any atom is 0.260 e. The Morgan fingerprint density at radius 3 is 2.45 bits per heavy atom. The fourth-order valence-electron chi connectivity index (χ4n) is 1.79. The van der Waals surface area contributed by atoms with E-state index in [0.29, 0.717) is 22.5 Å². The van der Waals surface area contributed by atoms with E-state index < -0.39 is 0 Å². The van der Waals surface area contributed by atoms with Gasteiger partial charge in [0.15, 0.2) is 0 Å². The molecule has 0 aliphatic rings. The molecule has 2 rings (SSSR count).